The molecule has 0 bridgehead atoms. The minimum Gasteiger partial charge on any atom is -0.404 e. The van der Waals surface area contributed by atoms with Crippen molar-refractivity contribution in [2.75, 3.05) is 31.4 Å². The predicted molar refractivity (Wildman–Crippen MR) is 385 cm³/mol. The van der Waals surface area contributed by atoms with Crippen molar-refractivity contribution < 1.29 is 66.2 Å². The number of nitrogens with two attached hydrogens (primary N) is 3. The van der Waals surface area contributed by atoms with Gasteiger partial charge in [-0.2, -0.15) is 15.3 Å². The fourth-order valence-corrected chi connectivity index (χ4v) is 16.6. The summed E-state index contributed by atoms with van der Waals surface area (Å²) in [5.41, 5.74) is 20.2. The number of hydrogen-bond donors (Lipinski definition) is 6. The molecule has 0 unspecified atom stereocenters. The van der Waals surface area contributed by atoms with E-state index in [1.165, 1.54) is 67.5 Å². The van der Waals surface area contributed by atoms with Gasteiger partial charge in [-0.15, -0.1) is 13.2 Å². The smallest absolute Gasteiger partial charge is 0.404 e. The van der Waals surface area contributed by atoms with E-state index in [4.69, 9.17) is 33.9 Å². The Balaban J connectivity index is 0.000000143. The molecule has 15 rings (SSSR count). The van der Waals surface area contributed by atoms with Crippen molar-refractivity contribution in [3.05, 3.63) is 183 Å². The largest absolute Gasteiger partial charge is 0.573 e. The highest BCUT2D eigenvalue weighted by Gasteiger charge is 2.36. The van der Waals surface area contributed by atoms with Crippen molar-refractivity contribution in [3.8, 4) is 39.5 Å². The van der Waals surface area contributed by atoms with Gasteiger partial charge < -0.3 is 21.9 Å². The zero-order valence-electron chi connectivity index (χ0n) is 55.9. The number of nitrogen functional groups attached to an aromatic ring is 3. The summed E-state index contributed by atoms with van der Waals surface area (Å²) >= 11 is 5.76. The number of alkyl halides is 3. The molecule has 0 atom stereocenters. The summed E-state index contributed by atoms with van der Waals surface area (Å²) < 4.78 is 175. The van der Waals surface area contributed by atoms with Crippen LogP contribution in [0.25, 0.3) is 66.9 Å². The average Bonchev–Trinajstić information content (AvgIpc) is 1.61. The number of nitro groups is 2. The van der Waals surface area contributed by atoms with Crippen molar-refractivity contribution in [3.63, 3.8) is 0 Å². The van der Waals surface area contributed by atoms with Crippen LogP contribution in [-0.4, -0.2) is 101 Å². The van der Waals surface area contributed by atoms with E-state index in [1.807, 2.05) is 9.40 Å². The van der Waals surface area contributed by atoms with Gasteiger partial charge in [-0.25, -0.2) is 82.4 Å². The van der Waals surface area contributed by atoms with Gasteiger partial charge in [0, 0.05) is 34.9 Å². The Labute approximate surface area is 613 Å². The Morgan fingerprint density at radius 1 is 0.472 bits per heavy atom. The minimum absolute atomic E-state index is 0.112. The molecular formula is C67H59ClF6N20O11S3. The number of benzene rings is 6. The van der Waals surface area contributed by atoms with Crippen LogP contribution >= 0.6 is 11.6 Å². The molecule has 6 aromatic carbocycles. The maximum Gasteiger partial charge on any atom is 0.573 e. The molecule has 0 amide bonds. The van der Waals surface area contributed by atoms with Crippen molar-refractivity contribution in [1.82, 2.24) is 59.2 Å². The van der Waals surface area contributed by atoms with Crippen LogP contribution in [0.3, 0.4) is 0 Å². The van der Waals surface area contributed by atoms with E-state index in [9.17, 15) is 58.7 Å². The zero-order chi connectivity index (χ0) is 76.7. The summed E-state index contributed by atoms with van der Waals surface area (Å²) in [6.45, 7) is 0. The van der Waals surface area contributed by atoms with E-state index in [1.54, 1.807) is 9.36 Å². The number of rotatable bonds is 18. The third kappa shape index (κ3) is 15.4. The fourth-order valence-electron chi connectivity index (χ4n) is 13.1. The number of sulfonamides is 3. The molecule has 6 heterocycles. The van der Waals surface area contributed by atoms with Crippen molar-refractivity contribution >= 4 is 121 Å². The summed E-state index contributed by atoms with van der Waals surface area (Å²) in [6.07, 6.45) is 11.0. The summed E-state index contributed by atoms with van der Waals surface area (Å²) in [6, 6.07) is 23.4. The molecule has 3 aliphatic rings. The van der Waals surface area contributed by atoms with E-state index in [0.29, 0.717) is 66.9 Å². The van der Waals surface area contributed by atoms with E-state index >= 15 is 13.2 Å². The number of hydrogen-bond acceptors (Lipinski definition) is 23. The number of nitro benzene ring substituents is 2. The first-order valence-electron chi connectivity index (χ1n) is 32.9. The number of non-ortho nitro benzene ring substituents is 1. The molecule has 3 aliphatic carbocycles. The highest BCUT2D eigenvalue weighted by molar-refractivity contribution is 7.93. The molecule has 3 fully saturated rings. The van der Waals surface area contributed by atoms with Crippen LogP contribution in [0, 0.1) is 37.7 Å². The maximum absolute atomic E-state index is 15.1. The molecule has 3 saturated carbocycles. The van der Waals surface area contributed by atoms with Crippen LogP contribution in [0.5, 0.6) is 5.75 Å². The number of nitrogens with one attached hydrogen (secondary N) is 3. The van der Waals surface area contributed by atoms with Gasteiger partial charge in [0.1, 0.15) is 86.6 Å². The zero-order valence-corrected chi connectivity index (χ0v) is 59.1. The summed E-state index contributed by atoms with van der Waals surface area (Å²) in [4.78, 5) is 44.1. The third-order valence-corrected chi connectivity index (χ3v) is 22.6. The van der Waals surface area contributed by atoms with Gasteiger partial charge in [0.15, 0.2) is 16.9 Å². The second-order valence-corrected chi connectivity index (χ2v) is 30.5. The molecule has 0 saturated heterocycles. The standard InChI is InChI=1S/C23H20F4N6O3S.C22H19ClFN7O4S.C22H20FN7O4S/c24-15-11-13(20-19-21(28)29-12-30-22(19)33(31-20)14-5-1-2-6-14)9-10-16(15)32-37(34,35)18-8-4-3-7-17(18)36-23(25,26)27;23-15-7-6-14(10-18(15)31(32)33)36(34,35)29-17-8-5-12(9-16(17)24)20-19-21(25)26-11-27-22(19)30(28-20)13-3-1-2-4-13;23-17-11-13(5-10-18(17)28-35(33,34)16-8-6-15(7-9-16)30(31)32)20-19-21(24)25-12-26-22(19)29(27-20)14-3-1-2-4-14/h3-4,7-12,14,32H,1-2,5-6H2,(H2,28,29,30);5-11,13,29H,1-4H2,(H2,25,26,27);5-12,14,28H,1-4H2,(H2,24,25,26). The molecule has 41 heteroatoms. The summed E-state index contributed by atoms with van der Waals surface area (Å²) in [5, 5.41) is 37.2. The predicted octanol–water partition coefficient (Wildman–Crippen LogP) is 13.8. The van der Waals surface area contributed by atoms with E-state index in [0.717, 1.165) is 150 Å². The molecule has 0 spiro atoms. The maximum atomic E-state index is 15.1. The van der Waals surface area contributed by atoms with Crippen LogP contribution < -0.4 is 36.1 Å². The van der Waals surface area contributed by atoms with Crippen LogP contribution in [0.2, 0.25) is 5.02 Å². The molecule has 31 nitrogen and oxygen atoms in total. The van der Waals surface area contributed by atoms with Crippen LogP contribution in [0.15, 0.2) is 155 Å². The number of aromatic nitrogens is 12. The lowest BCUT2D eigenvalue weighted by Gasteiger charge is -2.15. The molecule has 0 radical (unpaired) electrons. The Hall–Kier alpha value is -11.9. The van der Waals surface area contributed by atoms with Crippen LogP contribution in [-0.2, 0) is 30.1 Å². The molecule has 560 valence electrons. The first-order chi connectivity index (χ1) is 51.4. The lowest BCUT2D eigenvalue weighted by atomic mass is 10.1. The van der Waals surface area contributed by atoms with Gasteiger partial charge in [-0.1, -0.05) is 80.5 Å². The normalized spacial score (nSPS) is 14.5. The highest BCUT2D eigenvalue weighted by Crippen LogP contribution is 2.43. The molecule has 6 aromatic heterocycles. The van der Waals surface area contributed by atoms with Gasteiger partial charge in [0.2, 0.25) is 0 Å². The molecular weight excluding hydrogens is 1510 g/mol. The number of anilines is 6. The number of para-hydroxylation sites is 1. The van der Waals surface area contributed by atoms with Gasteiger partial charge >= 0.3 is 6.36 Å². The van der Waals surface area contributed by atoms with Gasteiger partial charge in [0.05, 0.1) is 71.0 Å². The van der Waals surface area contributed by atoms with E-state index in [2.05, 4.69) is 54.3 Å². The second-order valence-electron chi connectivity index (χ2n) is 25.1. The third-order valence-electron chi connectivity index (χ3n) is 18.2. The molecule has 12 aromatic rings. The van der Waals surface area contributed by atoms with Crippen molar-refractivity contribution in [2.24, 2.45) is 0 Å². The SMILES string of the molecule is Nc1ncnc2c1c(-c1ccc(NS(=O)(=O)c3ccc(Cl)c([N+](=O)[O-])c3)c(F)c1)nn2C1CCCC1.Nc1ncnc2c1c(-c1ccc(NS(=O)(=O)c3ccc([N+](=O)[O-])cc3)c(F)c1)nn2C1CCCC1.Nc1ncnc2c1c(-c1ccc(NS(=O)(=O)c3ccccc3OC(F)(F)F)c(F)c1)nn2C1CCCC1. The van der Waals surface area contributed by atoms with Gasteiger partial charge in [-0.05, 0) is 111 Å². The van der Waals surface area contributed by atoms with E-state index in [-0.39, 0.29) is 62.6 Å². The van der Waals surface area contributed by atoms with E-state index < -0.39 is 90.6 Å². The quantitative estimate of drug-likeness (QED) is 0.0264. The lowest BCUT2D eigenvalue weighted by Crippen LogP contribution is -2.21. The first-order valence-corrected chi connectivity index (χ1v) is 37.7. The number of nitrogens with zero attached hydrogens (tertiary/aromatic N) is 14. The fraction of sp³-hybridized carbons (Fsp3) is 0.239. The van der Waals surface area contributed by atoms with Gasteiger partial charge in [0.25, 0.3) is 41.4 Å². The van der Waals surface area contributed by atoms with Crippen molar-refractivity contribution in [1.29, 1.82) is 0 Å². The minimum atomic E-state index is -5.12. The number of ether oxygens (including phenoxy) is 1. The molecule has 9 N–H and O–H groups in total. The first kappa shape index (κ1) is 74.4. The van der Waals surface area contributed by atoms with Crippen LogP contribution in [0.1, 0.15) is 95.2 Å². The Morgan fingerprint density at radius 3 is 1.19 bits per heavy atom. The molecule has 108 heavy (non-hydrogen) atoms. The lowest BCUT2D eigenvalue weighted by molar-refractivity contribution is -0.385. The topological polar surface area (TPSA) is 443 Å². The Bertz CT molecular complexity index is 5890. The summed E-state index contributed by atoms with van der Waals surface area (Å²) in [5.74, 6) is -3.04. The monoisotopic (exact) mass is 1560 g/mol. The highest BCUT2D eigenvalue weighted by atomic mass is 35.5. The number of fused-ring (bicyclic) bond motifs is 3. The molecule has 0 aliphatic heterocycles. The van der Waals surface area contributed by atoms with Crippen molar-refractivity contribution in [2.45, 2.75) is 116 Å². The average molecular weight is 1570 g/mol. The van der Waals surface area contributed by atoms with Crippen LogP contribution in [0.4, 0.5) is 72.2 Å². The van der Waals surface area contributed by atoms with Gasteiger partial charge in [-0.3, -0.25) is 34.4 Å². The Morgan fingerprint density at radius 2 is 0.833 bits per heavy atom. The summed E-state index contributed by atoms with van der Waals surface area (Å²) in [7, 11) is -13.2. The second kappa shape index (κ2) is 29.8. The number of halogens is 7. The Kier molecular flexibility index (Phi) is 20.5.